The van der Waals surface area contributed by atoms with E-state index in [0.29, 0.717) is 24.2 Å². The van der Waals surface area contributed by atoms with Crippen molar-refractivity contribution in [3.8, 4) is 5.75 Å². The Hall–Kier alpha value is -2.92. The number of carbonyl (C=O) groups excluding carboxylic acids is 1. The third kappa shape index (κ3) is 4.79. The van der Waals surface area contributed by atoms with Crippen LogP contribution in [0, 0.1) is 12.8 Å². The number of ether oxygens (including phenoxy) is 1. The normalized spacial score (nSPS) is 11.0. The van der Waals surface area contributed by atoms with Crippen LogP contribution in [-0.4, -0.2) is 22.4 Å². The lowest BCUT2D eigenvalue weighted by Crippen LogP contribution is -2.32. The number of aromatic nitrogens is 2. The van der Waals surface area contributed by atoms with Crippen molar-refractivity contribution in [2.75, 3.05) is 7.11 Å². The van der Waals surface area contributed by atoms with Crippen LogP contribution in [0.15, 0.2) is 53.3 Å². The minimum atomic E-state index is -0.434. The van der Waals surface area contributed by atoms with E-state index in [-0.39, 0.29) is 16.8 Å². The Labute approximate surface area is 181 Å². The maximum atomic E-state index is 13.3. The van der Waals surface area contributed by atoms with Crippen LogP contribution in [0.5, 0.6) is 5.75 Å². The van der Waals surface area contributed by atoms with Gasteiger partial charge in [0, 0.05) is 5.56 Å². The predicted molar refractivity (Wildman–Crippen MR) is 119 cm³/mol. The Morgan fingerprint density at radius 1 is 1.10 bits per heavy atom. The smallest absolute Gasteiger partial charge is 0.281 e. The van der Waals surface area contributed by atoms with Gasteiger partial charge in [0.25, 0.3) is 5.56 Å². The summed E-state index contributed by atoms with van der Waals surface area (Å²) in [5.41, 5.74) is 2.38. The summed E-state index contributed by atoms with van der Waals surface area (Å²) in [5, 5.41) is 0.187. The molecule has 0 aliphatic carbocycles. The summed E-state index contributed by atoms with van der Waals surface area (Å²) in [4.78, 5) is 30.5. The number of hydrogen-bond donors (Lipinski definition) is 0. The summed E-state index contributed by atoms with van der Waals surface area (Å²) >= 11 is 6.48. The predicted octanol–water partition coefficient (Wildman–Crippen LogP) is 4.69. The molecular formula is C24H25ClN2O3. The Morgan fingerprint density at radius 2 is 1.73 bits per heavy atom. The van der Waals surface area contributed by atoms with Crippen LogP contribution in [-0.2, 0) is 13.0 Å². The fourth-order valence-corrected chi connectivity index (χ4v) is 3.49. The number of benzene rings is 2. The molecule has 30 heavy (non-hydrogen) atoms. The van der Waals surface area contributed by atoms with Gasteiger partial charge in [-0.2, -0.15) is 0 Å². The second-order valence-corrected chi connectivity index (χ2v) is 8.09. The minimum Gasteiger partial charge on any atom is -0.497 e. The molecule has 3 aromatic rings. The quantitative estimate of drug-likeness (QED) is 0.516. The summed E-state index contributed by atoms with van der Waals surface area (Å²) in [7, 11) is 1.60. The van der Waals surface area contributed by atoms with Gasteiger partial charge in [0.15, 0.2) is 5.69 Å². The van der Waals surface area contributed by atoms with Crippen molar-refractivity contribution in [2.24, 2.45) is 5.92 Å². The molecule has 6 heteroatoms. The molecule has 0 unspecified atom stereocenters. The van der Waals surface area contributed by atoms with E-state index in [1.54, 1.807) is 23.8 Å². The number of ketones is 1. The number of nitrogens with zero attached hydrogens (tertiary/aromatic N) is 2. The molecular weight excluding hydrogens is 400 g/mol. The van der Waals surface area contributed by atoms with Crippen molar-refractivity contribution < 1.29 is 9.53 Å². The highest BCUT2D eigenvalue weighted by molar-refractivity contribution is 6.30. The number of halogens is 1. The highest BCUT2D eigenvalue weighted by Crippen LogP contribution is 2.20. The number of hydrogen-bond acceptors (Lipinski definition) is 4. The summed E-state index contributed by atoms with van der Waals surface area (Å²) in [6.45, 7) is 6.32. The average molecular weight is 425 g/mol. The van der Waals surface area contributed by atoms with Gasteiger partial charge in [-0.3, -0.25) is 9.59 Å². The molecule has 1 heterocycles. The maximum Gasteiger partial charge on any atom is 0.281 e. The largest absolute Gasteiger partial charge is 0.497 e. The molecule has 0 radical (unpaired) electrons. The van der Waals surface area contributed by atoms with Crippen molar-refractivity contribution in [1.82, 2.24) is 9.55 Å². The van der Waals surface area contributed by atoms with E-state index in [1.165, 1.54) is 0 Å². The Bertz CT molecular complexity index is 1100. The van der Waals surface area contributed by atoms with Crippen LogP contribution in [0.4, 0.5) is 0 Å². The minimum absolute atomic E-state index is 0.162. The lowest BCUT2D eigenvalue weighted by atomic mass is 10.1. The standard InChI is InChI=1S/C24H25ClN2O3/c1-15(2)13-20-23(25)26-21(22(28)18-9-5-16(3)6-10-18)24(29)27(20)14-17-7-11-19(30-4)12-8-17/h5-12,15H,13-14H2,1-4H3. The van der Waals surface area contributed by atoms with Crippen LogP contribution in [0.3, 0.4) is 0 Å². The number of rotatable bonds is 7. The second-order valence-electron chi connectivity index (χ2n) is 7.73. The fraction of sp³-hybridized carbons (Fsp3) is 0.292. The molecule has 0 amide bonds. The zero-order valence-corrected chi connectivity index (χ0v) is 18.4. The number of carbonyl (C=O) groups is 1. The van der Waals surface area contributed by atoms with E-state index in [1.807, 2.05) is 57.2 Å². The third-order valence-corrected chi connectivity index (χ3v) is 5.15. The lowest BCUT2D eigenvalue weighted by Gasteiger charge is -2.17. The van der Waals surface area contributed by atoms with E-state index in [0.717, 1.165) is 16.9 Å². The van der Waals surface area contributed by atoms with E-state index < -0.39 is 11.3 Å². The summed E-state index contributed by atoms with van der Waals surface area (Å²) in [5.74, 6) is 0.572. The maximum absolute atomic E-state index is 13.3. The van der Waals surface area contributed by atoms with Gasteiger partial charge in [0.1, 0.15) is 10.9 Å². The average Bonchev–Trinajstić information content (AvgIpc) is 2.73. The lowest BCUT2D eigenvalue weighted by molar-refractivity contribution is 0.103. The second kappa shape index (κ2) is 9.26. The summed E-state index contributed by atoms with van der Waals surface area (Å²) < 4.78 is 6.77. The van der Waals surface area contributed by atoms with Crippen LogP contribution in [0.1, 0.15) is 46.7 Å². The van der Waals surface area contributed by atoms with E-state index in [4.69, 9.17) is 16.3 Å². The van der Waals surface area contributed by atoms with Crippen molar-refractivity contribution in [3.05, 3.63) is 92.1 Å². The van der Waals surface area contributed by atoms with Gasteiger partial charge < -0.3 is 9.30 Å². The van der Waals surface area contributed by atoms with Crippen molar-refractivity contribution in [3.63, 3.8) is 0 Å². The van der Waals surface area contributed by atoms with Gasteiger partial charge >= 0.3 is 0 Å². The molecule has 0 fully saturated rings. The zero-order chi connectivity index (χ0) is 21.8. The zero-order valence-electron chi connectivity index (χ0n) is 17.6. The van der Waals surface area contributed by atoms with Gasteiger partial charge in [0.2, 0.25) is 5.78 Å². The number of aryl methyl sites for hydroxylation is 1. The van der Waals surface area contributed by atoms with Gasteiger partial charge in [-0.15, -0.1) is 0 Å². The molecule has 0 spiro atoms. The molecule has 3 rings (SSSR count). The molecule has 0 N–H and O–H groups in total. The molecule has 0 atom stereocenters. The summed E-state index contributed by atoms with van der Waals surface area (Å²) in [6, 6.07) is 14.5. The first-order valence-electron chi connectivity index (χ1n) is 9.83. The van der Waals surface area contributed by atoms with Crippen LogP contribution in [0.2, 0.25) is 5.15 Å². The van der Waals surface area contributed by atoms with Crippen molar-refractivity contribution in [2.45, 2.75) is 33.7 Å². The highest BCUT2D eigenvalue weighted by atomic mass is 35.5. The van der Waals surface area contributed by atoms with Crippen LogP contribution in [0.25, 0.3) is 0 Å². The third-order valence-electron chi connectivity index (χ3n) is 4.85. The number of methoxy groups -OCH3 is 1. The monoisotopic (exact) mass is 424 g/mol. The highest BCUT2D eigenvalue weighted by Gasteiger charge is 2.22. The molecule has 0 saturated heterocycles. The molecule has 0 bridgehead atoms. The molecule has 156 valence electrons. The Morgan fingerprint density at radius 3 is 2.30 bits per heavy atom. The van der Waals surface area contributed by atoms with E-state index >= 15 is 0 Å². The van der Waals surface area contributed by atoms with Crippen LogP contribution >= 0.6 is 11.6 Å². The molecule has 0 saturated carbocycles. The molecule has 5 nitrogen and oxygen atoms in total. The Balaban J connectivity index is 2.10. The fourth-order valence-electron chi connectivity index (χ4n) is 3.22. The first-order chi connectivity index (χ1) is 14.3. The van der Waals surface area contributed by atoms with Gasteiger partial charge in [-0.1, -0.05) is 67.4 Å². The van der Waals surface area contributed by atoms with Crippen molar-refractivity contribution in [1.29, 1.82) is 0 Å². The molecule has 2 aromatic carbocycles. The molecule has 0 aliphatic rings. The van der Waals surface area contributed by atoms with E-state index in [9.17, 15) is 9.59 Å². The first kappa shape index (κ1) is 21.8. The topological polar surface area (TPSA) is 61.2 Å². The first-order valence-corrected chi connectivity index (χ1v) is 10.2. The van der Waals surface area contributed by atoms with E-state index in [2.05, 4.69) is 4.98 Å². The van der Waals surface area contributed by atoms with Crippen molar-refractivity contribution >= 4 is 17.4 Å². The van der Waals surface area contributed by atoms with Crippen LogP contribution < -0.4 is 10.3 Å². The van der Waals surface area contributed by atoms with Gasteiger partial charge in [-0.05, 0) is 37.0 Å². The van der Waals surface area contributed by atoms with Gasteiger partial charge in [-0.25, -0.2) is 4.98 Å². The molecule has 1 aromatic heterocycles. The molecule has 0 aliphatic heterocycles. The van der Waals surface area contributed by atoms with Gasteiger partial charge in [0.05, 0.1) is 19.3 Å². The SMILES string of the molecule is COc1ccc(Cn2c(CC(C)C)c(Cl)nc(C(=O)c3ccc(C)cc3)c2=O)cc1. The Kier molecular flexibility index (Phi) is 6.73. The summed E-state index contributed by atoms with van der Waals surface area (Å²) in [6.07, 6.45) is 0.580.